The number of nitriles is 1. The first-order chi connectivity index (χ1) is 11.5. The molecule has 0 aromatic heterocycles. The van der Waals surface area contributed by atoms with Crippen molar-refractivity contribution >= 4 is 5.97 Å². The Kier molecular flexibility index (Phi) is 4.74. The third kappa shape index (κ3) is 4.29. The van der Waals surface area contributed by atoms with E-state index in [0.29, 0.717) is 0 Å². The normalized spacial score (nSPS) is 11.7. The van der Waals surface area contributed by atoms with E-state index in [1.54, 1.807) is 6.07 Å². The van der Waals surface area contributed by atoms with Crippen molar-refractivity contribution in [1.29, 1.82) is 5.26 Å². The fourth-order valence-corrected chi connectivity index (χ4v) is 1.90. The predicted molar refractivity (Wildman–Crippen MR) is 72.6 cm³/mol. The number of carbonyl (C=O) groups is 1. The van der Waals surface area contributed by atoms with Gasteiger partial charge < -0.3 is 4.74 Å². The van der Waals surface area contributed by atoms with Gasteiger partial charge in [0.2, 0.25) is 0 Å². The van der Waals surface area contributed by atoms with Crippen LogP contribution in [0.25, 0.3) is 0 Å². The zero-order chi connectivity index (χ0) is 18.8. The minimum Gasteiger partial charge on any atom is -0.423 e. The van der Waals surface area contributed by atoms with Crippen LogP contribution < -0.4 is 4.74 Å². The lowest BCUT2D eigenvalue weighted by Gasteiger charge is -2.15. The molecule has 0 saturated heterocycles. The minimum atomic E-state index is -5.04. The number of benzene rings is 2. The first kappa shape index (κ1) is 18.3. The lowest BCUT2D eigenvalue weighted by Crippen LogP contribution is -2.19. The van der Waals surface area contributed by atoms with E-state index < -0.39 is 35.0 Å². The van der Waals surface area contributed by atoms with Gasteiger partial charge >= 0.3 is 18.3 Å². The van der Waals surface area contributed by atoms with Gasteiger partial charge in [-0.3, -0.25) is 0 Å². The molecule has 0 bridgehead atoms. The van der Waals surface area contributed by atoms with E-state index in [9.17, 15) is 31.1 Å². The molecule has 0 aliphatic rings. The number of alkyl halides is 6. The number of hydrogen-bond donors (Lipinski definition) is 0. The highest BCUT2D eigenvalue weighted by Gasteiger charge is 2.39. The average molecular weight is 359 g/mol. The van der Waals surface area contributed by atoms with E-state index in [0.717, 1.165) is 12.1 Å². The Balaban J connectivity index is 2.43. The Morgan fingerprint density at radius 1 is 0.920 bits per heavy atom. The lowest BCUT2D eigenvalue weighted by atomic mass is 10.0. The van der Waals surface area contributed by atoms with Crippen LogP contribution in [0.15, 0.2) is 42.5 Å². The standard InChI is InChI=1S/C16H7F6NO2/c17-15(18,19)10-3-6-13(16(20,21)22)12(7-10)14(24)25-11-4-1-9(8-23)2-5-11/h1-7H. The van der Waals surface area contributed by atoms with Gasteiger partial charge in [-0.2, -0.15) is 31.6 Å². The molecule has 0 fully saturated rings. The fourth-order valence-electron chi connectivity index (χ4n) is 1.90. The maximum absolute atomic E-state index is 12.9. The number of esters is 1. The monoisotopic (exact) mass is 359 g/mol. The number of rotatable bonds is 2. The molecule has 0 unspecified atom stereocenters. The molecule has 0 amide bonds. The van der Waals surface area contributed by atoms with E-state index in [-0.39, 0.29) is 29.5 Å². The van der Waals surface area contributed by atoms with Gasteiger partial charge in [0.05, 0.1) is 28.3 Å². The van der Waals surface area contributed by atoms with Crippen LogP contribution in [0.4, 0.5) is 26.3 Å². The van der Waals surface area contributed by atoms with Crippen LogP contribution in [0.3, 0.4) is 0 Å². The van der Waals surface area contributed by atoms with Crippen molar-refractivity contribution in [3.8, 4) is 11.8 Å². The molecule has 2 aromatic carbocycles. The van der Waals surface area contributed by atoms with Crippen LogP contribution in [-0.4, -0.2) is 5.97 Å². The summed E-state index contributed by atoms with van der Waals surface area (Å²) in [7, 11) is 0. The zero-order valence-electron chi connectivity index (χ0n) is 12.1. The van der Waals surface area contributed by atoms with Gasteiger partial charge in [-0.05, 0) is 42.5 Å². The average Bonchev–Trinajstić information content (AvgIpc) is 2.53. The summed E-state index contributed by atoms with van der Waals surface area (Å²) in [5.74, 6) is -1.81. The number of halogens is 6. The minimum absolute atomic E-state index is 0.0921. The van der Waals surface area contributed by atoms with Gasteiger partial charge in [0.1, 0.15) is 5.75 Å². The summed E-state index contributed by atoms with van der Waals surface area (Å²) in [4.78, 5) is 12.0. The van der Waals surface area contributed by atoms with E-state index in [1.165, 1.54) is 12.1 Å². The van der Waals surface area contributed by atoms with Crippen molar-refractivity contribution in [3.63, 3.8) is 0 Å². The molecular weight excluding hydrogens is 352 g/mol. The van der Waals surface area contributed by atoms with Crippen molar-refractivity contribution in [2.45, 2.75) is 12.4 Å². The molecule has 2 rings (SSSR count). The summed E-state index contributed by atoms with van der Waals surface area (Å²) < 4.78 is 81.7. The van der Waals surface area contributed by atoms with E-state index in [1.807, 2.05) is 0 Å². The number of ether oxygens (including phenoxy) is 1. The number of nitrogens with zero attached hydrogens (tertiary/aromatic N) is 1. The topological polar surface area (TPSA) is 50.1 Å². The van der Waals surface area contributed by atoms with Crippen LogP contribution in [-0.2, 0) is 12.4 Å². The van der Waals surface area contributed by atoms with E-state index in [4.69, 9.17) is 5.26 Å². The molecule has 0 spiro atoms. The Hall–Kier alpha value is -3.02. The van der Waals surface area contributed by atoms with Crippen molar-refractivity contribution in [1.82, 2.24) is 0 Å². The molecule has 0 saturated carbocycles. The number of hydrogen-bond acceptors (Lipinski definition) is 3. The summed E-state index contributed by atoms with van der Waals surface area (Å²) in [6.07, 6.45) is -9.96. The molecule has 0 aliphatic carbocycles. The molecule has 25 heavy (non-hydrogen) atoms. The second kappa shape index (κ2) is 6.47. The Morgan fingerprint density at radius 2 is 1.52 bits per heavy atom. The first-order valence-electron chi connectivity index (χ1n) is 6.53. The van der Waals surface area contributed by atoms with Gasteiger partial charge in [0.25, 0.3) is 0 Å². The molecule has 0 atom stereocenters. The van der Waals surface area contributed by atoms with Crippen LogP contribution in [0, 0.1) is 11.3 Å². The highest BCUT2D eigenvalue weighted by Crippen LogP contribution is 2.36. The molecular formula is C16H7F6NO2. The molecule has 130 valence electrons. The molecule has 0 aliphatic heterocycles. The maximum Gasteiger partial charge on any atom is 0.417 e. The molecule has 2 aromatic rings. The summed E-state index contributed by atoms with van der Waals surface area (Å²) in [5, 5.41) is 8.63. The quantitative estimate of drug-likeness (QED) is 0.439. The summed E-state index contributed by atoms with van der Waals surface area (Å²) in [6.45, 7) is 0. The van der Waals surface area contributed by atoms with Crippen molar-refractivity contribution in [3.05, 3.63) is 64.7 Å². The predicted octanol–water partition coefficient (Wildman–Crippen LogP) is 4.82. The van der Waals surface area contributed by atoms with E-state index >= 15 is 0 Å². The van der Waals surface area contributed by atoms with Crippen molar-refractivity contribution in [2.75, 3.05) is 0 Å². The first-order valence-corrected chi connectivity index (χ1v) is 6.53. The molecule has 0 heterocycles. The third-order valence-corrected chi connectivity index (χ3v) is 3.07. The van der Waals surface area contributed by atoms with Gasteiger partial charge in [0, 0.05) is 0 Å². The van der Waals surface area contributed by atoms with Crippen LogP contribution >= 0.6 is 0 Å². The second-order valence-corrected chi connectivity index (χ2v) is 4.78. The van der Waals surface area contributed by atoms with Gasteiger partial charge in [-0.1, -0.05) is 0 Å². The largest absolute Gasteiger partial charge is 0.423 e. The maximum atomic E-state index is 12.9. The Bertz CT molecular complexity index is 832. The summed E-state index contributed by atoms with van der Waals surface area (Å²) in [5.41, 5.74) is -4.01. The second-order valence-electron chi connectivity index (χ2n) is 4.78. The third-order valence-electron chi connectivity index (χ3n) is 3.07. The smallest absolute Gasteiger partial charge is 0.417 e. The van der Waals surface area contributed by atoms with Crippen molar-refractivity contribution < 1.29 is 35.9 Å². The van der Waals surface area contributed by atoms with Crippen LogP contribution in [0.1, 0.15) is 27.0 Å². The molecule has 0 radical (unpaired) electrons. The highest BCUT2D eigenvalue weighted by molar-refractivity contribution is 5.93. The lowest BCUT2D eigenvalue weighted by molar-refractivity contribution is -0.141. The van der Waals surface area contributed by atoms with E-state index in [2.05, 4.69) is 4.74 Å². The molecule has 0 N–H and O–H groups in total. The molecule has 3 nitrogen and oxygen atoms in total. The molecule has 9 heteroatoms. The van der Waals surface area contributed by atoms with Crippen LogP contribution in [0.5, 0.6) is 5.75 Å². The van der Waals surface area contributed by atoms with Gasteiger partial charge in [-0.15, -0.1) is 0 Å². The summed E-state index contributed by atoms with van der Waals surface area (Å²) >= 11 is 0. The summed E-state index contributed by atoms with van der Waals surface area (Å²) in [6, 6.07) is 7.03. The van der Waals surface area contributed by atoms with Gasteiger partial charge in [-0.25, -0.2) is 4.79 Å². The highest BCUT2D eigenvalue weighted by atomic mass is 19.4. The Morgan fingerprint density at radius 3 is 2.00 bits per heavy atom. The fraction of sp³-hybridized carbons (Fsp3) is 0.125. The van der Waals surface area contributed by atoms with Gasteiger partial charge in [0.15, 0.2) is 0 Å². The van der Waals surface area contributed by atoms with Crippen LogP contribution in [0.2, 0.25) is 0 Å². The SMILES string of the molecule is N#Cc1ccc(OC(=O)c2cc(C(F)(F)F)ccc2C(F)(F)F)cc1. The number of carbonyl (C=O) groups excluding carboxylic acids is 1. The Labute approximate surface area is 137 Å². The zero-order valence-corrected chi connectivity index (χ0v) is 12.1. The van der Waals surface area contributed by atoms with Crippen molar-refractivity contribution in [2.24, 2.45) is 0 Å².